The molecular weight excluding hydrogens is 240 g/mol. The highest BCUT2D eigenvalue weighted by Gasteiger charge is 2.37. The molecule has 1 saturated carbocycles. The second-order valence-corrected chi connectivity index (χ2v) is 5.43. The zero-order chi connectivity index (χ0) is 13.5. The van der Waals surface area contributed by atoms with Gasteiger partial charge in [0.25, 0.3) is 0 Å². The fraction of sp³-hybridized carbons (Fsp3) is 0.571. The lowest BCUT2D eigenvalue weighted by atomic mass is 9.80. The van der Waals surface area contributed by atoms with Crippen LogP contribution in [0, 0.1) is 0 Å². The highest BCUT2D eigenvalue weighted by molar-refractivity contribution is 5.85. The number of hydrogen-bond acceptors (Lipinski definition) is 4. The minimum absolute atomic E-state index is 0.0822. The molecule has 0 bridgehead atoms. The van der Waals surface area contributed by atoms with Crippen LogP contribution in [-0.4, -0.2) is 28.2 Å². The Morgan fingerprint density at radius 1 is 1.37 bits per heavy atom. The molecule has 5 nitrogen and oxygen atoms in total. The average molecular weight is 260 g/mol. The van der Waals surface area contributed by atoms with Crippen molar-refractivity contribution >= 4 is 11.0 Å². The van der Waals surface area contributed by atoms with Crippen molar-refractivity contribution in [2.24, 2.45) is 12.8 Å². The summed E-state index contributed by atoms with van der Waals surface area (Å²) in [6.45, 7) is 0.679. The molecule has 1 aliphatic carbocycles. The van der Waals surface area contributed by atoms with E-state index in [1.807, 2.05) is 7.05 Å². The summed E-state index contributed by atoms with van der Waals surface area (Å²) in [5.74, 6) is 0.629. The molecule has 1 aliphatic rings. The fourth-order valence-corrected chi connectivity index (χ4v) is 3.37. The van der Waals surface area contributed by atoms with E-state index < -0.39 is 0 Å². The van der Waals surface area contributed by atoms with E-state index >= 15 is 0 Å². The molecule has 0 amide bonds. The first-order chi connectivity index (χ1) is 9.22. The maximum atomic E-state index is 6.09. The second-order valence-electron chi connectivity index (χ2n) is 5.43. The summed E-state index contributed by atoms with van der Waals surface area (Å²) in [5, 5.41) is 0. The van der Waals surface area contributed by atoms with Gasteiger partial charge in [0.2, 0.25) is 5.88 Å². The molecular formula is C14H20N4O. The van der Waals surface area contributed by atoms with Crippen LogP contribution >= 0.6 is 0 Å². The van der Waals surface area contributed by atoms with E-state index in [0.29, 0.717) is 12.4 Å². The van der Waals surface area contributed by atoms with Crippen LogP contribution in [0.1, 0.15) is 31.2 Å². The number of aryl methyl sites for hydroxylation is 1. The first-order valence-electron chi connectivity index (χ1n) is 6.76. The lowest BCUT2D eigenvalue weighted by molar-refractivity contribution is 0.400. The Kier molecular flexibility index (Phi) is 2.93. The summed E-state index contributed by atoms with van der Waals surface area (Å²) in [6.07, 6.45) is 8.51. The molecule has 0 saturated heterocycles. The second kappa shape index (κ2) is 4.49. The van der Waals surface area contributed by atoms with Crippen LogP contribution in [0.5, 0.6) is 5.88 Å². The number of rotatable bonds is 3. The Morgan fingerprint density at radius 2 is 2.11 bits per heavy atom. The number of methoxy groups -OCH3 is 1. The number of nitrogens with two attached hydrogens (primary N) is 1. The molecule has 0 unspecified atom stereocenters. The van der Waals surface area contributed by atoms with Crippen molar-refractivity contribution in [3.63, 3.8) is 0 Å². The molecule has 0 atom stereocenters. The third kappa shape index (κ3) is 1.72. The summed E-state index contributed by atoms with van der Waals surface area (Å²) < 4.78 is 7.40. The smallest absolute Gasteiger partial charge is 0.241 e. The lowest BCUT2D eigenvalue weighted by Crippen LogP contribution is -2.31. The molecule has 19 heavy (non-hydrogen) atoms. The van der Waals surface area contributed by atoms with E-state index in [-0.39, 0.29) is 5.41 Å². The van der Waals surface area contributed by atoms with Gasteiger partial charge in [-0.05, 0) is 12.8 Å². The standard InChI is InChI=1S/C14H20N4O/c1-18-7-10(14(8-15)5-3-4-6-14)11-12(18)13(19-2)17-9-16-11/h7,9H,3-6,8,15H2,1-2H3. The summed E-state index contributed by atoms with van der Waals surface area (Å²) in [7, 11) is 3.65. The van der Waals surface area contributed by atoms with Gasteiger partial charge in [0.05, 0.1) is 12.6 Å². The summed E-state index contributed by atoms with van der Waals surface area (Å²) in [6, 6.07) is 0. The van der Waals surface area contributed by atoms with Crippen molar-refractivity contribution < 1.29 is 4.74 Å². The highest BCUT2D eigenvalue weighted by atomic mass is 16.5. The Labute approximate surface area is 112 Å². The molecule has 102 valence electrons. The van der Waals surface area contributed by atoms with E-state index in [2.05, 4.69) is 20.7 Å². The Morgan fingerprint density at radius 3 is 2.74 bits per heavy atom. The Bertz CT molecular complexity index is 599. The van der Waals surface area contributed by atoms with Crippen molar-refractivity contribution in [2.45, 2.75) is 31.1 Å². The zero-order valence-electron chi connectivity index (χ0n) is 11.5. The van der Waals surface area contributed by atoms with Crippen LogP contribution in [0.2, 0.25) is 0 Å². The topological polar surface area (TPSA) is 66.0 Å². The Balaban J connectivity index is 2.25. The van der Waals surface area contributed by atoms with Gasteiger partial charge in [-0.25, -0.2) is 4.98 Å². The largest absolute Gasteiger partial charge is 0.479 e. The number of fused-ring (bicyclic) bond motifs is 1. The number of ether oxygens (including phenoxy) is 1. The predicted molar refractivity (Wildman–Crippen MR) is 74.3 cm³/mol. The van der Waals surface area contributed by atoms with Gasteiger partial charge in [-0.15, -0.1) is 0 Å². The molecule has 2 heterocycles. The molecule has 2 aromatic rings. The predicted octanol–water partition coefficient (Wildman–Crippen LogP) is 1.75. The molecule has 2 N–H and O–H groups in total. The summed E-state index contributed by atoms with van der Waals surface area (Å²) >= 11 is 0. The summed E-state index contributed by atoms with van der Waals surface area (Å²) in [4.78, 5) is 8.67. The zero-order valence-corrected chi connectivity index (χ0v) is 11.5. The normalized spacial score (nSPS) is 18.1. The van der Waals surface area contributed by atoms with Crippen molar-refractivity contribution in [3.8, 4) is 5.88 Å². The highest BCUT2D eigenvalue weighted by Crippen LogP contribution is 2.43. The van der Waals surface area contributed by atoms with E-state index in [4.69, 9.17) is 10.5 Å². The molecule has 0 radical (unpaired) electrons. The molecule has 2 aromatic heterocycles. The third-order valence-corrected chi connectivity index (χ3v) is 4.44. The first-order valence-corrected chi connectivity index (χ1v) is 6.76. The number of hydrogen-bond donors (Lipinski definition) is 1. The molecule has 5 heteroatoms. The van der Waals surface area contributed by atoms with E-state index in [0.717, 1.165) is 23.9 Å². The maximum Gasteiger partial charge on any atom is 0.241 e. The van der Waals surface area contributed by atoms with Crippen molar-refractivity contribution in [2.75, 3.05) is 13.7 Å². The number of nitrogens with zero attached hydrogens (tertiary/aromatic N) is 3. The van der Waals surface area contributed by atoms with Gasteiger partial charge < -0.3 is 15.0 Å². The van der Waals surface area contributed by atoms with Crippen LogP contribution in [-0.2, 0) is 12.5 Å². The van der Waals surface area contributed by atoms with Gasteiger partial charge in [-0.2, -0.15) is 4.98 Å². The van der Waals surface area contributed by atoms with Crippen LogP contribution in [0.15, 0.2) is 12.5 Å². The number of aromatic nitrogens is 3. The first kappa shape index (κ1) is 12.4. The summed E-state index contributed by atoms with van der Waals surface area (Å²) in [5.41, 5.74) is 9.37. The molecule has 1 fully saturated rings. The van der Waals surface area contributed by atoms with Crippen molar-refractivity contribution in [1.29, 1.82) is 0 Å². The Hall–Kier alpha value is -1.62. The third-order valence-electron chi connectivity index (χ3n) is 4.44. The van der Waals surface area contributed by atoms with E-state index in [1.165, 1.54) is 18.4 Å². The SMILES string of the molecule is COc1ncnc2c(C3(CN)CCCC3)cn(C)c12. The lowest BCUT2D eigenvalue weighted by Gasteiger charge is -2.26. The van der Waals surface area contributed by atoms with Gasteiger partial charge in [-0.1, -0.05) is 12.8 Å². The minimum atomic E-state index is 0.0822. The molecule has 0 spiro atoms. The van der Waals surface area contributed by atoms with Gasteiger partial charge in [-0.3, -0.25) is 0 Å². The van der Waals surface area contributed by atoms with Crippen LogP contribution in [0.25, 0.3) is 11.0 Å². The fourth-order valence-electron chi connectivity index (χ4n) is 3.37. The average Bonchev–Trinajstić information content (AvgIpc) is 3.04. The maximum absolute atomic E-state index is 6.09. The van der Waals surface area contributed by atoms with Gasteiger partial charge in [0.1, 0.15) is 11.8 Å². The van der Waals surface area contributed by atoms with Crippen LogP contribution in [0.3, 0.4) is 0 Å². The van der Waals surface area contributed by atoms with Crippen molar-refractivity contribution in [3.05, 3.63) is 18.1 Å². The van der Waals surface area contributed by atoms with Crippen molar-refractivity contribution in [1.82, 2.24) is 14.5 Å². The van der Waals surface area contributed by atoms with Crippen LogP contribution < -0.4 is 10.5 Å². The van der Waals surface area contributed by atoms with Gasteiger partial charge in [0.15, 0.2) is 0 Å². The van der Waals surface area contributed by atoms with E-state index in [1.54, 1.807) is 13.4 Å². The molecule has 0 aliphatic heterocycles. The van der Waals surface area contributed by atoms with E-state index in [9.17, 15) is 0 Å². The molecule has 3 rings (SSSR count). The minimum Gasteiger partial charge on any atom is -0.479 e. The molecule has 0 aromatic carbocycles. The van der Waals surface area contributed by atoms with Gasteiger partial charge in [0, 0.05) is 30.8 Å². The quantitative estimate of drug-likeness (QED) is 0.913. The van der Waals surface area contributed by atoms with Crippen LogP contribution in [0.4, 0.5) is 0 Å². The monoisotopic (exact) mass is 260 g/mol. The van der Waals surface area contributed by atoms with Gasteiger partial charge >= 0.3 is 0 Å².